The molecular formula is C52H88N2O11. The Morgan fingerprint density at radius 2 is 1.23 bits per heavy atom. The molecule has 2 amide bonds. The van der Waals surface area contributed by atoms with Gasteiger partial charge in [-0.15, -0.1) is 0 Å². The Morgan fingerprint density at radius 1 is 0.708 bits per heavy atom. The summed E-state index contributed by atoms with van der Waals surface area (Å²) in [7, 11) is 0. The van der Waals surface area contributed by atoms with Crippen LogP contribution in [0.25, 0.3) is 0 Å². The molecule has 6 aliphatic rings. The van der Waals surface area contributed by atoms with E-state index in [1.807, 2.05) is 27.7 Å². The first kappa shape index (κ1) is 51.7. The number of hydrogen-bond donors (Lipinski definition) is 4. The molecule has 1 heterocycles. The van der Waals surface area contributed by atoms with Crippen molar-refractivity contribution in [3.8, 4) is 0 Å². The molecule has 5 aliphatic carbocycles. The lowest BCUT2D eigenvalue weighted by Crippen LogP contribution is -2.63. The van der Waals surface area contributed by atoms with Crippen molar-refractivity contribution in [3.05, 3.63) is 0 Å². The minimum Gasteiger partial charge on any atom is -0.460 e. The Bertz CT molecular complexity index is 1820. The highest BCUT2D eigenvalue weighted by Crippen LogP contribution is 2.89. The Morgan fingerprint density at radius 3 is 1.71 bits per heavy atom. The van der Waals surface area contributed by atoms with Gasteiger partial charge in [0.2, 0.25) is 0 Å². The molecule has 65 heavy (non-hydrogen) atoms. The molecular weight excluding hydrogens is 829 g/mol. The number of rotatable bonds is 12. The molecule has 0 aromatic heterocycles. The highest BCUT2D eigenvalue weighted by Gasteiger charge is 2.85. The molecule has 13 nitrogen and oxygen atoms in total. The van der Waals surface area contributed by atoms with Gasteiger partial charge in [-0.2, -0.15) is 0 Å². The maximum Gasteiger partial charge on any atom is 0.408 e. The van der Waals surface area contributed by atoms with Gasteiger partial charge in [-0.05, 0) is 160 Å². The molecule has 0 aromatic rings. The molecule has 0 radical (unpaired) electrons. The predicted octanol–water partition coefficient (Wildman–Crippen LogP) is 9.42. The molecule has 5 unspecified atom stereocenters. The molecule has 0 aromatic carbocycles. The van der Waals surface area contributed by atoms with Crippen LogP contribution in [0.3, 0.4) is 0 Å². The van der Waals surface area contributed by atoms with Crippen molar-refractivity contribution in [3.63, 3.8) is 0 Å². The lowest BCUT2D eigenvalue weighted by molar-refractivity contribution is -0.226. The van der Waals surface area contributed by atoms with E-state index >= 15 is 0 Å². The molecule has 16 atom stereocenters. The molecule has 5 saturated carbocycles. The van der Waals surface area contributed by atoms with Crippen LogP contribution in [0.2, 0.25) is 0 Å². The normalized spacial score (nSPS) is 40.3. The third-order valence-electron chi connectivity index (χ3n) is 18.5. The van der Waals surface area contributed by atoms with Crippen molar-refractivity contribution in [2.24, 2.45) is 56.7 Å². The number of aliphatic hydroxyl groups is 2. The van der Waals surface area contributed by atoms with E-state index in [1.54, 1.807) is 55.4 Å². The van der Waals surface area contributed by atoms with Crippen LogP contribution >= 0.6 is 0 Å². The number of alkyl carbamates (subject to hydrolysis) is 2. The van der Waals surface area contributed by atoms with Crippen LogP contribution in [-0.4, -0.2) is 93.2 Å². The fourth-order valence-corrected chi connectivity index (χ4v) is 15.1. The van der Waals surface area contributed by atoms with Crippen LogP contribution in [0, 0.1) is 56.7 Å². The topological polar surface area (TPSA) is 179 Å². The van der Waals surface area contributed by atoms with Crippen LogP contribution in [-0.2, 0) is 33.3 Å². The van der Waals surface area contributed by atoms with E-state index in [0.717, 1.165) is 38.5 Å². The third kappa shape index (κ3) is 9.07. The SMILES string of the molecule is CCC(C)[C@H](NC(=O)OC(C)(C)C)C(=O)O[C@H]1CC2C3(CC[C@]4(C)[C@@H]([C@@]5(C)CC[C@@H](C(C)(C)O)O5)[C@@H](O)C[C@@]24C)C[C@@]32CC[C@H](OC(=O)[C@@H](NC(=O)OC(C)(C)C)C(C)CC)C(C)(C)C12. The molecule has 4 N–H and O–H groups in total. The van der Waals surface area contributed by atoms with Crippen molar-refractivity contribution in [2.45, 2.75) is 247 Å². The summed E-state index contributed by atoms with van der Waals surface area (Å²) in [6, 6.07) is -1.88. The van der Waals surface area contributed by atoms with Gasteiger partial charge in [0.15, 0.2) is 0 Å². The Balaban J connectivity index is 1.37. The molecule has 6 rings (SSSR count). The fourth-order valence-electron chi connectivity index (χ4n) is 15.1. The number of esters is 2. The summed E-state index contributed by atoms with van der Waals surface area (Å²) >= 11 is 0. The average molecular weight is 917 g/mol. The zero-order valence-corrected chi connectivity index (χ0v) is 43.2. The second kappa shape index (κ2) is 17.1. The largest absolute Gasteiger partial charge is 0.460 e. The molecule has 372 valence electrons. The monoisotopic (exact) mass is 917 g/mol. The van der Waals surface area contributed by atoms with E-state index in [0.29, 0.717) is 32.1 Å². The number of amides is 2. The zero-order valence-electron chi connectivity index (χ0n) is 43.2. The van der Waals surface area contributed by atoms with Crippen molar-refractivity contribution >= 4 is 24.1 Å². The lowest BCUT2D eigenvalue weighted by atomic mass is 9.41. The van der Waals surface area contributed by atoms with Crippen LogP contribution < -0.4 is 10.6 Å². The summed E-state index contributed by atoms with van der Waals surface area (Å²) in [5.41, 5.74) is -4.78. The first-order chi connectivity index (χ1) is 29.6. The zero-order chi connectivity index (χ0) is 48.9. The summed E-state index contributed by atoms with van der Waals surface area (Å²) in [5.74, 6) is -1.75. The minimum atomic E-state index is -1.01. The summed E-state index contributed by atoms with van der Waals surface area (Å²) in [6.45, 7) is 33.3. The second-order valence-corrected chi connectivity index (χ2v) is 25.7. The van der Waals surface area contributed by atoms with E-state index in [4.69, 9.17) is 23.7 Å². The molecule has 1 saturated heterocycles. The number of carbonyl (C=O) groups excluding carboxylic acids is 4. The number of ether oxygens (including phenoxy) is 5. The van der Waals surface area contributed by atoms with E-state index in [2.05, 4.69) is 45.3 Å². The highest BCUT2D eigenvalue weighted by atomic mass is 16.6. The minimum absolute atomic E-state index is 0.0782. The molecule has 2 spiro atoms. The molecule has 0 bridgehead atoms. The summed E-state index contributed by atoms with van der Waals surface area (Å²) in [6.07, 6.45) is 4.64. The molecule has 1 aliphatic heterocycles. The Labute approximate surface area is 390 Å². The summed E-state index contributed by atoms with van der Waals surface area (Å²) < 4.78 is 31.5. The van der Waals surface area contributed by atoms with Gasteiger partial charge in [-0.1, -0.05) is 68.2 Å². The maximum atomic E-state index is 14.8. The molecule has 6 fully saturated rings. The third-order valence-corrected chi connectivity index (χ3v) is 18.5. The van der Waals surface area contributed by atoms with E-state index < -0.39 is 82.3 Å². The van der Waals surface area contributed by atoms with E-state index in [-0.39, 0.29) is 57.4 Å². The fraction of sp³-hybridized carbons (Fsp3) is 0.923. The first-order valence-corrected chi connectivity index (χ1v) is 25.1. The second-order valence-electron chi connectivity index (χ2n) is 25.7. The lowest BCUT2D eigenvalue weighted by Gasteiger charge is -2.64. The van der Waals surface area contributed by atoms with Crippen LogP contribution in [0.4, 0.5) is 9.59 Å². The van der Waals surface area contributed by atoms with E-state index in [1.165, 1.54) is 0 Å². The summed E-state index contributed by atoms with van der Waals surface area (Å²) in [5, 5.41) is 29.1. The quantitative estimate of drug-likeness (QED) is 0.108. The first-order valence-electron chi connectivity index (χ1n) is 25.1. The number of aliphatic hydroxyl groups excluding tert-OH is 1. The van der Waals surface area contributed by atoms with Crippen molar-refractivity contribution in [1.29, 1.82) is 0 Å². The standard InChI is InChI=1S/C52H88N2O11/c1-18-29(3)36(53-42(58)64-44(5,6)7)40(56)61-32-26-33-49(16)27-31(55)38(50(17)22-20-35(63-50)47(13,14)60)48(49,15)24-25-51(33)28-52(51)23-21-34(46(11,12)39(32)52)62-41(57)37(30(4)19-2)54-43(59)65-45(8,9)10/h29-39,55,60H,18-28H2,1-17H3,(H,53,58)(H,54,59)/t29?,30?,31-,32-,33?,34-,35-,36-,37-,38-,39?,48+,49-,50+,51?,52+/m0/s1. The van der Waals surface area contributed by atoms with Gasteiger partial charge in [0.05, 0.1) is 23.4 Å². The van der Waals surface area contributed by atoms with Crippen molar-refractivity contribution < 1.29 is 53.1 Å². The maximum absolute atomic E-state index is 14.8. The van der Waals surface area contributed by atoms with Gasteiger partial charge in [-0.3, -0.25) is 0 Å². The van der Waals surface area contributed by atoms with Crippen molar-refractivity contribution in [2.75, 3.05) is 0 Å². The van der Waals surface area contributed by atoms with Gasteiger partial charge in [-0.25, -0.2) is 19.2 Å². The van der Waals surface area contributed by atoms with Gasteiger partial charge in [0.1, 0.15) is 35.5 Å². The van der Waals surface area contributed by atoms with E-state index in [9.17, 15) is 29.4 Å². The smallest absolute Gasteiger partial charge is 0.408 e. The Hall–Kier alpha value is -2.64. The van der Waals surface area contributed by atoms with Gasteiger partial charge >= 0.3 is 24.1 Å². The number of nitrogens with one attached hydrogen (secondary N) is 2. The molecule has 13 heteroatoms. The van der Waals surface area contributed by atoms with Crippen LogP contribution in [0.5, 0.6) is 0 Å². The predicted molar refractivity (Wildman–Crippen MR) is 247 cm³/mol. The van der Waals surface area contributed by atoms with Gasteiger partial charge in [0, 0.05) is 17.3 Å². The number of fused-ring (bicyclic) bond motifs is 2. The summed E-state index contributed by atoms with van der Waals surface area (Å²) in [4.78, 5) is 55.5. The number of hydrogen-bond acceptors (Lipinski definition) is 11. The average Bonchev–Trinajstić information content (AvgIpc) is 3.52. The Kier molecular flexibility index (Phi) is 13.6. The van der Waals surface area contributed by atoms with Crippen molar-refractivity contribution in [1.82, 2.24) is 10.6 Å². The highest BCUT2D eigenvalue weighted by molar-refractivity contribution is 5.82. The van der Waals surface area contributed by atoms with Crippen LogP contribution in [0.15, 0.2) is 0 Å². The van der Waals surface area contributed by atoms with Gasteiger partial charge < -0.3 is 44.5 Å². The number of carbonyl (C=O) groups is 4. The van der Waals surface area contributed by atoms with Gasteiger partial charge in [0.25, 0.3) is 0 Å². The van der Waals surface area contributed by atoms with Crippen LogP contribution in [0.1, 0.15) is 188 Å².